The van der Waals surface area contributed by atoms with Crippen molar-refractivity contribution in [2.24, 2.45) is 5.92 Å². The molecule has 0 amide bonds. The molecule has 7 heteroatoms. The summed E-state index contributed by atoms with van der Waals surface area (Å²) in [4.78, 5) is 10.6. The Hall–Kier alpha value is -1.40. The molecule has 4 nitrogen and oxygen atoms in total. The van der Waals surface area contributed by atoms with Crippen LogP contribution in [0.5, 0.6) is 5.75 Å². The van der Waals surface area contributed by atoms with Crippen molar-refractivity contribution in [3.8, 4) is 5.75 Å². The van der Waals surface area contributed by atoms with Crippen molar-refractivity contribution in [3.63, 3.8) is 0 Å². The molecule has 0 saturated carbocycles. The van der Waals surface area contributed by atoms with Crippen molar-refractivity contribution in [2.45, 2.75) is 12.8 Å². The number of benzene rings is 1. The summed E-state index contributed by atoms with van der Waals surface area (Å²) in [5.74, 6) is 1.07. The van der Waals surface area contributed by atoms with Gasteiger partial charge in [-0.05, 0) is 37.0 Å². The second kappa shape index (κ2) is 7.45. The first-order valence-electron chi connectivity index (χ1n) is 7.42. The smallest absolute Gasteiger partial charge is 0.225 e. The fourth-order valence-corrected chi connectivity index (χ4v) is 3.00. The Labute approximate surface area is 147 Å². The van der Waals surface area contributed by atoms with Gasteiger partial charge in [0.25, 0.3) is 0 Å². The highest BCUT2D eigenvalue weighted by atomic mass is 79.9. The second-order valence-electron chi connectivity index (χ2n) is 5.52. The molecule has 0 radical (unpaired) electrons. The molecule has 0 bridgehead atoms. The van der Waals surface area contributed by atoms with E-state index in [0.29, 0.717) is 33.7 Å². The minimum atomic E-state index is -0.341. The third-order valence-corrected chi connectivity index (χ3v) is 4.56. The number of halogens is 3. The summed E-state index contributed by atoms with van der Waals surface area (Å²) >= 11 is 9.04. The van der Waals surface area contributed by atoms with Gasteiger partial charge in [0.1, 0.15) is 0 Å². The van der Waals surface area contributed by atoms with Crippen LogP contribution in [0.2, 0.25) is 5.02 Å². The molecule has 0 aliphatic carbocycles. The Bertz CT molecular complexity index is 663. The van der Waals surface area contributed by atoms with Crippen LogP contribution in [0.1, 0.15) is 12.8 Å². The maximum absolute atomic E-state index is 13.7. The van der Waals surface area contributed by atoms with Gasteiger partial charge in [-0.2, -0.15) is 0 Å². The monoisotopic (exact) mass is 399 g/mol. The average Bonchev–Trinajstić information content (AvgIpc) is 2.55. The highest BCUT2D eigenvalue weighted by Crippen LogP contribution is 2.25. The van der Waals surface area contributed by atoms with E-state index in [4.69, 9.17) is 16.3 Å². The first-order chi connectivity index (χ1) is 11.1. The highest BCUT2D eigenvalue weighted by molar-refractivity contribution is 9.10. The Morgan fingerprint density at radius 3 is 2.61 bits per heavy atom. The molecule has 2 aromatic rings. The van der Waals surface area contributed by atoms with Crippen LogP contribution in [0.25, 0.3) is 0 Å². The Kier molecular flexibility index (Phi) is 5.33. The van der Waals surface area contributed by atoms with E-state index in [1.807, 2.05) is 0 Å². The lowest BCUT2D eigenvalue weighted by Crippen LogP contribution is -2.36. The van der Waals surface area contributed by atoms with E-state index >= 15 is 0 Å². The van der Waals surface area contributed by atoms with Gasteiger partial charge in [-0.25, -0.2) is 14.4 Å². The molecule has 1 saturated heterocycles. The zero-order valence-electron chi connectivity index (χ0n) is 12.4. The summed E-state index contributed by atoms with van der Waals surface area (Å²) in [6.07, 6.45) is 5.14. The van der Waals surface area contributed by atoms with Crippen LogP contribution in [0.15, 0.2) is 35.1 Å². The van der Waals surface area contributed by atoms with Gasteiger partial charge < -0.3 is 9.64 Å². The molecule has 0 N–H and O–H groups in total. The summed E-state index contributed by atoms with van der Waals surface area (Å²) in [6.45, 7) is 2.24. The number of hydrogen-bond donors (Lipinski definition) is 0. The first kappa shape index (κ1) is 16.5. The van der Waals surface area contributed by atoms with Crippen molar-refractivity contribution in [1.82, 2.24) is 9.97 Å². The molecule has 3 rings (SSSR count). The topological polar surface area (TPSA) is 38.2 Å². The van der Waals surface area contributed by atoms with Crippen molar-refractivity contribution in [1.29, 1.82) is 0 Å². The molecule has 1 aromatic carbocycles. The number of aromatic nitrogens is 2. The minimum Gasteiger partial charge on any atom is -0.490 e. The summed E-state index contributed by atoms with van der Waals surface area (Å²) in [5, 5.41) is 0.536. The first-order valence-corrected chi connectivity index (χ1v) is 8.59. The average molecular weight is 401 g/mol. The molecule has 0 unspecified atom stereocenters. The van der Waals surface area contributed by atoms with Crippen LogP contribution in [0, 0.1) is 11.7 Å². The molecule has 1 aliphatic heterocycles. The summed E-state index contributed by atoms with van der Waals surface area (Å²) in [7, 11) is 0. The molecule has 1 fully saturated rings. The summed E-state index contributed by atoms with van der Waals surface area (Å²) in [6, 6.07) is 4.84. The van der Waals surface area contributed by atoms with Gasteiger partial charge >= 0.3 is 0 Å². The van der Waals surface area contributed by atoms with Gasteiger partial charge in [-0.1, -0.05) is 27.5 Å². The molecule has 1 aliphatic rings. The van der Waals surface area contributed by atoms with Gasteiger partial charge in [-0.15, -0.1) is 0 Å². The maximum Gasteiger partial charge on any atom is 0.225 e. The van der Waals surface area contributed by atoms with Crippen LogP contribution >= 0.6 is 27.5 Å². The van der Waals surface area contributed by atoms with E-state index in [1.54, 1.807) is 24.5 Å². The predicted molar refractivity (Wildman–Crippen MR) is 91.6 cm³/mol. The fourth-order valence-electron chi connectivity index (χ4n) is 2.57. The molecule has 23 heavy (non-hydrogen) atoms. The van der Waals surface area contributed by atoms with E-state index in [9.17, 15) is 4.39 Å². The zero-order valence-corrected chi connectivity index (χ0v) is 14.7. The van der Waals surface area contributed by atoms with Crippen LogP contribution < -0.4 is 9.64 Å². The summed E-state index contributed by atoms with van der Waals surface area (Å²) in [5.41, 5.74) is 0. The lowest BCUT2D eigenvalue weighted by molar-refractivity contribution is 0.215. The quantitative estimate of drug-likeness (QED) is 0.766. The molecule has 2 heterocycles. The maximum atomic E-state index is 13.7. The minimum absolute atomic E-state index is 0.302. The van der Waals surface area contributed by atoms with Crippen LogP contribution in [-0.4, -0.2) is 29.7 Å². The SMILES string of the molecule is Fc1cc(Br)ccc1OCC1CCN(c2ncc(Cl)cn2)CC1. The van der Waals surface area contributed by atoms with E-state index in [0.717, 1.165) is 25.9 Å². The van der Waals surface area contributed by atoms with Crippen molar-refractivity contribution in [3.05, 3.63) is 45.9 Å². The van der Waals surface area contributed by atoms with Crippen LogP contribution in [0.3, 0.4) is 0 Å². The number of piperidine rings is 1. The number of anilines is 1. The number of ether oxygens (including phenoxy) is 1. The Balaban J connectivity index is 1.50. The van der Waals surface area contributed by atoms with E-state index in [1.165, 1.54) is 6.07 Å². The van der Waals surface area contributed by atoms with E-state index < -0.39 is 0 Å². The number of rotatable bonds is 4. The van der Waals surface area contributed by atoms with E-state index in [-0.39, 0.29) is 5.82 Å². The molecular weight excluding hydrogens is 385 g/mol. The molecular formula is C16H16BrClFN3O. The number of nitrogens with zero attached hydrogens (tertiary/aromatic N) is 3. The Morgan fingerprint density at radius 2 is 1.96 bits per heavy atom. The van der Waals surface area contributed by atoms with E-state index in [2.05, 4.69) is 30.8 Å². The van der Waals surface area contributed by atoms with Crippen LogP contribution in [-0.2, 0) is 0 Å². The molecule has 1 aromatic heterocycles. The van der Waals surface area contributed by atoms with Gasteiger partial charge in [0.2, 0.25) is 5.95 Å². The van der Waals surface area contributed by atoms with Crippen LogP contribution in [0.4, 0.5) is 10.3 Å². The second-order valence-corrected chi connectivity index (χ2v) is 6.87. The molecule has 0 spiro atoms. The Morgan fingerprint density at radius 1 is 1.26 bits per heavy atom. The van der Waals surface area contributed by atoms with Gasteiger partial charge in [0.15, 0.2) is 11.6 Å². The van der Waals surface area contributed by atoms with Gasteiger partial charge in [0, 0.05) is 17.6 Å². The van der Waals surface area contributed by atoms with Gasteiger partial charge in [0.05, 0.1) is 24.0 Å². The summed E-state index contributed by atoms with van der Waals surface area (Å²) < 4.78 is 20.1. The zero-order chi connectivity index (χ0) is 16.2. The number of hydrogen-bond acceptors (Lipinski definition) is 4. The largest absolute Gasteiger partial charge is 0.490 e. The van der Waals surface area contributed by atoms with Crippen molar-refractivity contribution < 1.29 is 9.13 Å². The van der Waals surface area contributed by atoms with Gasteiger partial charge in [-0.3, -0.25) is 0 Å². The lowest BCUT2D eigenvalue weighted by Gasteiger charge is -2.31. The molecule has 0 atom stereocenters. The highest BCUT2D eigenvalue weighted by Gasteiger charge is 2.21. The lowest BCUT2D eigenvalue weighted by atomic mass is 9.98. The van der Waals surface area contributed by atoms with Crippen molar-refractivity contribution >= 4 is 33.5 Å². The normalized spacial score (nSPS) is 15.7. The van der Waals surface area contributed by atoms with Crippen molar-refractivity contribution in [2.75, 3.05) is 24.6 Å². The fraction of sp³-hybridized carbons (Fsp3) is 0.375. The predicted octanol–water partition coefficient (Wildman–Crippen LogP) is 4.33. The third-order valence-electron chi connectivity index (χ3n) is 3.87. The standard InChI is InChI=1S/C16H16BrClFN3O/c17-12-1-2-15(14(19)7-12)23-10-11-3-5-22(6-4-11)16-20-8-13(18)9-21-16/h1-2,7-9,11H,3-6,10H2. The third kappa shape index (κ3) is 4.32. The molecule has 122 valence electrons.